The second-order valence-corrected chi connectivity index (χ2v) is 6.85. The van der Waals surface area contributed by atoms with Crippen molar-refractivity contribution in [1.82, 2.24) is 9.88 Å². The zero-order chi connectivity index (χ0) is 21.3. The maximum absolute atomic E-state index is 12.7. The molecule has 1 unspecified atom stereocenters. The number of nitrogen functional groups attached to an aromatic ring is 1. The summed E-state index contributed by atoms with van der Waals surface area (Å²) in [7, 11) is 0. The zero-order valence-electron chi connectivity index (χ0n) is 15.7. The van der Waals surface area contributed by atoms with E-state index in [-0.39, 0.29) is 19.4 Å². The molecule has 0 radical (unpaired) electrons. The number of nitrogens with two attached hydrogens (primary N) is 2. The molecule has 2 amide bonds. The van der Waals surface area contributed by atoms with Crippen molar-refractivity contribution in [2.24, 2.45) is 5.73 Å². The van der Waals surface area contributed by atoms with E-state index >= 15 is 0 Å². The number of benzene rings is 1. The number of amides is 2. The van der Waals surface area contributed by atoms with Crippen molar-refractivity contribution < 1.29 is 19.5 Å². The third-order valence-corrected chi connectivity index (χ3v) is 4.92. The first-order chi connectivity index (χ1) is 13.7. The van der Waals surface area contributed by atoms with E-state index in [1.54, 1.807) is 31.2 Å². The maximum atomic E-state index is 12.7. The smallest absolute Gasteiger partial charge is 0.303 e. The Hall–Kier alpha value is -3.93. The minimum atomic E-state index is -1.07. The first-order valence-electron chi connectivity index (χ1n) is 8.85. The Bertz CT molecular complexity index is 1070. The number of hydrogen-bond acceptors (Lipinski definition) is 6. The molecule has 9 heteroatoms. The Labute approximate surface area is 166 Å². The van der Waals surface area contributed by atoms with Gasteiger partial charge in [-0.3, -0.25) is 14.4 Å². The molecule has 0 spiro atoms. The number of hydrogen-bond donors (Lipinski definition) is 3. The van der Waals surface area contributed by atoms with Gasteiger partial charge < -0.3 is 21.5 Å². The fourth-order valence-electron chi connectivity index (χ4n) is 3.39. The lowest BCUT2D eigenvalue weighted by atomic mass is 10.0. The van der Waals surface area contributed by atoms with Gasteiger partial charge in [0.2, 0.25) is 5.91 Å². The Morgan fingerprint density at radius 3 is 2.72 bits per heavy atom. The van der Waals surface area contributed by atoms with Gasteiger partial charge in [-0.05, 0) is 42.7 Å². The van der Waals surface area contributed by atoms with E-state index < -0.39 is 23.8 Å². The first kappa shape index (κ1) is 19.8. The van der Waals surface area contributed by atoms with Crippen molar-refractivity contribution in [3.8, 4) is 17.3 Å². The molecule has 1 aliphatic heterocycles. The SMILES string of the molecule is Cc1cc(C#N)c(-c2ccc3c(c2)CN(C(CCC(=O)O)C(N)=O)C3=O)nc1N. The number of rotatable bonds is 6. The molecule has 0 saturated heterocycles. The van der Waals surface area contributed by atoms with Crippen molar-refractivity contribution in [1.29, 1.82) is 5.26 Å². The Balaban J connectivity index is 1.96. The number of aryl methyl sites for hydroxylation is 1. The van der Waals surface area contributed by atoms with E-state index in [4.69, 9.17) is 16.6 Å². The fraction of sp³-hybridized carbons (Fsp3) is 0.250. The van der Waals surface area contributed by atoms with Crippen LogP contribution in [-0.4, -0.2) is 38.8 Å². The Morgan fingerprint density at radius 2 is 2.10 bits per heavy atom. The minimum absolute atomic E-state index is 0.0636. The van der Waals surface area contributed by atoms with Gasteiger partial charge >= 0.3 is 5.97 Å². The molecule has 2 aromatic rings. The molecule has 1 aliphatic rings. The highest BCUT2D eigenvalue weighted by Gasteiger charge is 2.35. The molecule has 9 nitrogen and oxygen atoms in total. The highest BCUT2D eigenvalue weighted by atomic mass is 16.4. The van der Waals surface area contributed by atoms with Crippen LogP contribution in [0.2, 0.25) is 0 Å². The number of anilines is 1. The molecule has 0 saturated carbocycles. The van der Waals surface area contributed by atoms with Gasteiger partial charge in [0.15, 0.2) is 0 Å². The van der Waals surface area contributed by atoms with Crippen molar-refractivity contribution in [2.45, 2.75) is 32.4 Å². The fourth-order valence-corrected chi connectivity index (χ4v) is 3.39. The van der Waals surface area contributed by atoms with E-state index in [0.717, 1.165) is 0 Å². The highest BCUT2D eigenvalue weighted by Crippen LogP contribution is 2.32. The van der Waals surface area contributed by atoms with Crippen LogP contribution in [0.1, 0.15) is 39.9 Å². The summed E-state index contributed by atoms with van der Waals surface area (Å²) < 4.78 is 0. The maximum Gasteiger partial charge on any atom is 0.303 e. The number of carboxylic acid groups (broad SMARTS) is 1. The summed E-state index contributed by atoms with van der Waals surface area (Å²) in [6, 6.07) is 7.71. The largest absolute Gasteiger partial charge is 0.481 e. The van der Waals surface area contributed by atoms with Crippen LogP contribution >= 0.6 is 0 Å². The summed E-state index contributed by atoms with van der Waals surface area (Å²) in [5, 5.41) is 18.3. The van der Waals surface area contributed by atoms with E-state index in [1.807, 2.05) is 0 Å². The van der Waals surface area contributed by atoms with Gasteiger partial charge in [-0.1, -0.05) is 6.07 Å². The van der Waals surface area contributed by atoms with E-state index in [0.29, 0.717) is 39.3 Å². The number of fused-ring (bicyclic) bond motifs is 1. The van der Waals surface area contributed by atoms with Crippen LogP contribution in [0.3, 0.4) is 0 Å². The summed E-state index contributed by atoms with van der Waals surface area (Å²) in [5.74, 6) is -1.92. The monoisotopic (exact) mass is 393 g/mol. The average molecular weight is 393 g/mol. The number of carboxylic acids is 1. The molecule has 3 rings (SSSR count). The molecule has 2 heterocycles. The lowest BCUT2D eigenvalue weighted by molar-refractivity contribution is -0.137. The van der Waals surface area contributed by atoms with E-state index in [2.05, 4.69) is 11.1 Å². The van der Waals surface area contributed by atoms with Crippen molar-refractivity contribution in [3.05, 3.63) is 46.5 Å². The zero-order valence-corrected chi connectivity index (χ0v) is 15.7. The molecule has 5 N–H and O–H groups in total. The van der Waals surface area contributed by atoms with Crippen LogP contribution < -0.4 is 11.5 Å². The molecule has 1 atom stereocenters. The number of carbonyl (C=O) groups excluding carboxylic acids is 2. The van der Waals surface area contributed by atoms with Crippen molar-refractivity contribution in [3.63, 3.8) is 0 Å². The molecular weight excluding hydrogens is 374 g/mol. The number of aromatic nitrogens is 1. The summed E-state index contributed by atoms with van der Waals surface area (Å²) in [6.07, 6.45) is -0.344. The number of nitriles is 1. The predicted molar refractivity (Wildman–Crippen MR) is 103 cm³/mol. The van der Waals surface area contributed by atoms with Crippen LogP contribution in [0.5, 0.6) is 0 Å². The minimum Gasteiger partial charge on any atom is -0.481 e. The van der Waals surface area contributed by atoms with Crippen LogP contribution in [-0.2, 0) is 16.1 Å². The summed E-state index contributed by atoms with van der Waals surface area (Å²) in [5.41, 5.74) is 14.4. The Kier molecular flexibility index (Phi) is 5.19. The number of nitrogens with zero attached hydrogens (tertiary/aromatic N) is 3. The lowest BCUT2D eigenvalue weighted by Gasteiger charge is -2.24. The number of carbonyl (C=O) groups is 3. The third-order valence-electron chi connectivity index (χ3n) is 4.92. The number of pyridine rings is 1. The molecular formula is C20H19N5O4. The van der Waals surface area contributed by atoms with Gasteiger partial charge in [0.25, 0.3) is 5.91 Å². The quantitative estimate of drug-likeness (QED) is 0.663. The lowest BCUT2D eigenvalue weighted by Crippen LogP contribution is -2.45. The number of aliphatic carboxylic acids is 1. The summed E-state index contributed by atoms with van der Waals surface area (Å²) in [6.45, 7) is 1.87. The molecule has 0 fully saturated rings. The standard InChI is InChI=1S/C20H19N5O4/c1-10-6-12(8-21)17(24-18(10)22)11-2-3-14-13(7-11)9-25(20(14)29)15(19(23)28)4-5-16(26)27/h2-3,6-7,15H,4-5,9H2,1H3,(H2,22,24)(H2,23,28)(H,26,27). The van der Waals surface area contributed by atoms with Crippen LogP contribution in [0, 0.1) is 18.3 Å². The van der Waals surface area contributed by atoms with Crippen molar-refractivity contribution >= 4 is 23.6 Å². The average Bonchev–Trinajstić information content (AvgIpc) is 2.99. The van der Waals surface area contributed by atoms with Gasteiger partial charge in [0.1, 0.15) is 17.9 Å². The predicted octanol–water partition coefficient (Wildman–Crippen LogP) is 1.19. The molecule has 29 heavy (non-hydrogen) atoms. The first-order valence-corrected chi connectivity index (χ1v) is 8.85. The van der Waals surface area contributed by atoms with Gasteiger partial charge in [-0.2, -0.15) is 5.26 Å². The highest BCUT2D eigenvalue weighted by molar-refractivity contribution is 6.01. The number of primary amides is 1. The van der Waals surface area contributed by atoms with Crippen LogP contribution in [0.4, 0.5) is 5.82 Å². The molecule has 0 aliphatic carbocycles. The van der Waals surface area contributed by atoms with Gasteiger partial charge in [-0.15, -0.1) is 0 Å². The van der Waals surface area contributed by atoms with Crippen molar-refractivity contribution in [2.75, 3.05) is 5.73 Å². The van der Waals surface area contributed by atoms with Gasteiger partial charge in [0.05, 0.1) is 11.3 Å². The van der Waals surface area contributed by atoms with E-state index in [9.17, 15) is 19.6 Å². The summed E-state index contributed by atoms with van der Waals surface area (Å²) >= 11 is 0. The van der Waals surface area contributed by atoms with Crippen LogP contribution in [0.15, 0.2) is 24.3 Å². The van der Waals surface area contributed by atoms with E-state index in [1.165, 1.54) is 4.90 Å². The second kappa shape index (κ2) is 7.59. The van der Waals surface area contributed by atoms with Crippen LogP contribution in [0.25, 0.3) is 11.3 Å². The molecule has 0 bridgehead atoms. The Morgan fingerprint density at radius 1 is 1.38 bits per heavy atom. The second-order valence-electron chi connectivity index (χ2n) is 6.85. The normalized spacial score (nSPS) is 13.7. The molecule has 1 aromatic carbocycles. The topological polar surface area (TPSA) is 163 Å². The van der Waals surface area contributed by atoms with Gasteiger partial charge in [-0.25, -0.2) is 4.98 Å². The third kappa shape index (κ3) is 3.73. The summed E-state index contributed by atoms with van der Waals surface area (Å²) in [4.78, 5) is 41.0. The molecule has 148 valence electrons. The van der Waals surface area contributed by atoms with Gasteiger partial charge in [0, 0.05) is 24.1 Å². The molecule has 1 aromatic heterocycles.